The van der Waals surface area contributed by atoms with E-state index in [1.165, 1.54) is 6.07 Å². The summed E-state index contributed by atoms with van der Waals surface area (Å²) >= 11 is 0. The lowest BCUT2D eigenvalue weighted by Gasteiger charge is -2.14. The van der Waals surface area contributed by atoms with E-state index in [-0.39, 0.29) is 5.52 Å². The summed E-state index contributed by atoms with van der Waals surface area (Å²) in [5, 5.41) is 0.478. The highest BCUT2D eigenvalue weighted by Crippen LogP contribution is 2.26. The van der Waals surface area contributed by atoms with E-state index in [4.69, 9.17) is 4.98 Å². The normalized spacial score (nSPS) is 11.8. The van der Waals surface area contributed by atoms with Crippen molar-refractivity contribution < 1.29 is 8.78 Å². The van der Waals surface area contributed by atoms with Crippen LogP contribution in [0.25, 0.3) is 22.1 Å². The number of nitrogens with zero attached hydrogens (tertiary/aromatic N) is 3. The molecule has 150 valence electrons. The van der Waals surface area contributed by atoms with Crippen molar-refractivity contribution >= 4 is 22.1 Å². The molecule has 1 aromatic carbocycles. The third kappa shape index (κ3) is 3.20. The first-order chi connectivity index (χ1) is 13.8. The fraction of sp³-hybridized carbons (Fsp3) is 0.318. The van der Waals surface area contributed by atoms with Gasteiger partial charge >= 0.3 is 0 Å². The monoisotopic (exact) mass is 396 g/mol. The molecule has 0 aliphatic carbocycles. The largest absolute Gasteiger partial charge is 0.319 e. The SMILES string of the molecule is Cc1c(Cn2c(CC(C)C)nc3c(C)ccnc32)c2ccc(F)c(F)c2[nH]c1=O. The maximum atomic E-state index is 14.3. The Morgan fingerprint density at radius 3 is 2.66 bits per heavy atom. The summed E-state index contributed by atoms with van der Waals surface area (Å²) in [6.07, 6.45) is 2.46. The second-order valence-corrected chi connectivity index (χ2v) is 7.85. The molecule has 0 spiro atoms. The Labute approximate surface area is 166 Å². The first-order valence-corrected chi connectivity index (χ1v) is 9.58. The maximum absolute atomic E-state index is 14.3. The van der Waals surface area contributed by atoms with Crippen molar-refractivity contribution in [1.29, 1.82) is 0 Å². The number of H-pyrrole nitrogens is 1. The van der Waals surface area contributed by atoms with Crippen LogP contribution in [0.1, 0.15) is 36.4 Å². The summed E-state index contributed by atoms with van der Waals surface area (Å²) in [4.78, 5) is 24.2. The first kappa shape index (κ1) is 19.2. The minimum absolute atomic E-state index is 0.116. The van der Waals surface area contributed by atoms with E-state index in [2.05, 4.69) is 23.8 Å². The van der Waals surface area contributed by atoms with Crippen molar-refractivity contribution in [2.75, 3.05) is 0 Å². The standard InChI is InChI=1S/C22H22F2N4O/c1-11(2)9-17-26-19-12(3)7-8-25-21(19)28(17)10-15-13(4)22(29)27-20-14(15)5-6-16(23)18(20)24/h5-8,11H,9-10H2,1-4H3,(H,27,29). The molecule has 5 nitrogen and oxygen atoms in total. The van der Waals surface area contributed by atoms with Crippen molar-refractivity contribution in [3.05, 3.63) is 68.9 Å². The number of imidazole rings is 1. The van der Waals surface area contributed by atoms with Crippen LogP contribution < -0.4 is 5.56 Å². The Kier molecular flexibility index (Phi) is 4.68. The van der Waals surface area contributed by atoms with E-state index >= 15 is 0 Å². The lowest BCUT2D eigenvalue weighted by molar-refractivity contribution is 0.515. The highest BCUT2D eigenvalue weighted by molar-refractivity contribution is 5.84. The smallest absolute Gasteiger partial charge is 0.251 e. The third-order valence-corrected chi connectivity index (χ3v) is 5.27. The van der Waals surface area contributed by atoms with Gasteiger partial charge in [-0.3, -0.25) is 4.79 Å². The fourth-order valence-electron chi connectivity index (χ4n) is 3.70. The number of aryl methyl sites for hydroxylation is 1. The van der Waals surface area contributed by atoms with Crippen LogP contribution in [0.15, 0.2) is 29.2 Å². The molecule has 0 fully saturated rings. The molecule has 0 unspecified atom stereocenters. The zero-order valence-corrected chi connectivity index (χ0v) is 16.8. The van der Waals surface area contributed by atoms with Gasteiger partial charge in [-0.05, 0) is 49.1 Å². The van der Waals surface area contributed by atoms with Gasteiger partial charge in [0.2, 0.25) is 0 Å². The minimum atomic E-state index is -1.05. The van der Waals surface area contributed by atoms with Crippen LogP contribution in [-0.4, -0.2) is 19.5 Å². The van der Waals surface area contributed by atoms with Gasteiger partial charge in [-0.2, -0.15) is 0 Å². The van der Waals surface area contributed by atoms with Crippen LogP contribution in [0.4, 0.5) is 8.78 Å². The van der Waals surface area contributed by atoms with Crippen molar-refractivity contribution in [3.8, 4) is 0 Å². The Morgan fingerprint density at radius 1 is 1.17 bits per heavy atom. The lowest BCUT2D eigenvalue weighted by Crippen LogP contribution is -2.17. The van der Waals surface area contributed by atoms with Crippen LogP contribution in [0.2, 0.25) is 0 Å². The van der Waals surface area contributed by atoms with Crippen molar-refractivity contribution in [2.45, 2.75) is 40.7 Å². The second kappa shape index (κ2) is 7.06. The van der Waals surface area contributed by atoms with Gasteiger partial charge in [-0.15, -0.1) is 0 Å². The quantitative estimate of drug-likeness (QED) is 0.556. The Morgan fingerprint density at radius 2 is 1.93 bits per heavy atom. The highest BCUT2D eigenvalue weighted by Gasteiger charge is 2.19. The molecule has 0 radical (unpaired) electrons. The van der Waals surface area contributed by atoms with Gasteiger partial charge in [-0.25, -0.2) is 18.7 Å². The zero-order valence-electron chi connectivity index (χ0n) is 16.8. The Bertz CT molecular complexity index is 1300. The predicted molar refractivity (Wildman–Crippen MR) is 109 cm³/mol. The number of aromatic amines is 1. The number of halogens is 2. The van der Waals surface area contributed by atoms with Gasteiger partial charge in [-0.1, -0.05) is 13.8 Å². The van der Waals surface area contributed by atoms with E-state index < -0.39 is 17.2 Å². The molecular weight excluding hydrogens is 374 g/mol. The first-order valence-electron chi connectivity index (χ1n) is 9.58. The molecular formula is C22H22F2N4O. The van der Waals surface area contributed by atoms with Crippen LogP contribution in [0.3, 0.4) is 0 Å². The average molecular weight is 396 g/mol. The van der Waals surface area contributed by atoms with Crippen LogP contribution >= 0.6 is 0 Å². The van der Waals surface area contributed by atoms with Crippen molar-refractivity contribution in [2.24, 2.45) is 5.92 Å². The molecule has 3 aromatic heterocycles. The number of hydrogen-bond donors (Lipinski definition) is 1. The summed E-state index contributed by atoms with van der Waals surface area (Å²) in [5.41, 5.74) is 3.09. The molecule has 0 atom stereocenters. The Balaban J connectivity index is 1.99. The number of hydrogen-bond acceptors (Lipinski definition) is 3. The summed E-state index contributed by atoms with van der Waals surface area (Å²) in [5.74, 6) is -0.817. The third-order valence-electron chi connectivity index (χ3n) is 5.27. The number of pyridine rings is 2. The van der Waals surface area contributed by atoms with Gasteiger partial charge in [0, 0.05) is 23.6 Å². The highest BCUT2D eigenvalue weighted by atomic mass is 19.2. The molecule has 0 amide bonds. The number of fused-ring (bicyclic) bond motifs is 2. The van der Waals surface area contributed by atoms with Crippen molar-refractivity contribution in [3.63, 3.8) is 0 Å². The topological polar surface area (TPSA) is 63.6 Å². The summed E-state index contributed by atoms with van der Waals surface area (Å²) in [6, 6.07) is 4.50. The van der Waals surface area contributed by atoms with E-state index in [0.717, 1.165) is 35.0 Å². The second-order valence-electron chi connectivity index (χ2n) is 7.85. The molecule has 1 N–H and O–H groups in total. The number of nitrogens with one attached hydrogen (secondary N) is 1. The molecule has 4 rings (SSSR count). The van der Waals surface area contributed by atoms with Gasteiger partial charge < -0.3 is 9.55 Å². The van der Waals surface area contributed by atoms with Gasteiger partial charge in [0.05, 0.1) is 12.1 Å². The maximum Gasteiger partial charge on any atom is 0.251 e. The van der Waals surface area contributed by atoms with Crippen LogP contribution in [0.5, 0.6) is 0 Å². The van der Waals surface area contributed by atoms with E-state index in [0.29, 0.717) is 29.0 Å². The van der Waals surface area contributed by atoms with Crippen LogP contribution in [-0.2, 0) is 13.0 Å². The van der Waals surface area contributed by atoms with Crippen LogP contribution in [0, 0.1) is 31.4 Å². The summed E-state index contributed by atoms with van der Waals surface area (Å²) < 4.78 is 30.1. The van der Waals surface area contributed by atoms with E-state index in [1.807, 2.05) is 17.6 Å². The minimum Gasteiger partial charge on any atom is -0.319 e. The molecule has 0 bridgehead atoms. The Hall–Kier alpha value is -3.09. The van der Waals surface area contributed by atoms with Crippen molar-refractivity contribution in [1.82, 2.24) is 19.5 Å². The lowest BCUT2D eigenvalue weighted by atomic mass is 10.0. The molecule has 0 aliphatic heterocycles. The van der Waals surface area contributed by atoms with E-state index in [1.54, 1.807) is 13.1 Å². The molecule has 7 heteroatoms. The fourth-order valence-corrected chi connectivity index (χ4v) is 3.70. The predicted octanol–water partition coefficient (Wildman–Crippen LogP) is 4.41. The average Bonchev–Trinajstić information content (AvgIpc) is 3.00. The van der Waals surface area contributed by atoms with Gasteiger partial charge in [0.25, 0.3) is 5.56 Å². The van der Waals surface area contributed by atoms with Gasteiger partial charge in [0.1, 0.15) is 11.3 Å². The number of aromatic nitrogens is 4. The summed E-state index contributed by atoms with van der Waals surface area (Å²) in [6.45, 7) is 8.18. The van der Waals surface area contributed by atoms with Gasteiger partial charge in [0.15, 0.2) is 17.3 Å². The molecule has 3 heterocycles. The molecule has 4 aromatic rings. The molecule has 0 saturated heterocycles. The molecule has 29 heavy (non-hydrogen) atoms. The number of benzene rings is 1. The molecule has 0 aliphatic rings. The summed E-state index contributed by atoms with van der Waals surface area (Å²) in [7, 11) is 0. The molecule has 0 saturated carbocycles. The van der Waals surface area contributed by atoms with E-state index in [9.17, 15) is 13.6 Å². The number of rotatable bonds is 4. The zero-order chi connectivity index (χ0) is 20.9.